The molecule has 1 saturated carbocycles. The first-order valence-corrected chi connectivity index (χ1v) is 7.76. The SMILES string of the molecule is COc1cc(C2(C#N)CC2)ccc1-c1cn2c(C(F)(F)F)nnc2cn1. The molecule has 0 atom stereocenters. The van der Waals surface area contributed by atoms with Gasteiger partial charge in [-0.1, -0.05) is 6.07 Å². The summed E-state index contributed by atoms with van der Waals surface area (Å²) in [6.07, 6.45) is -0.607. The number of nitriles is 1. The monoisotopic (exact) mass is 359 g/mol. The number of hydrogen-bond donors (Lipinski definition) is 0. The number of ether oxygens (including phenoxy) is 1. The van der Waals surface area contributed by atoms with Crippen molar-refractivity contribution < 1.29 is 17.9 Å². The zero-order valence-electron chi connectivity index (χ0n) is 13.6. The molecular weight excluding hydrogens is 347 g/mol. The first kappa shape index (κ1) is 16.3. The molecular formula is C17H12F3N5O. The van der Waals surface area contributed by atoms with Gasteiger partial charge in [-0.15, -0.1) is 10.2 Å². The average Bonchev–Trinajstić information content (AvgIpc) is 3.31. The van der Waals surface area contributed by atoms with E-state index in [1.807, 2.05) is 0 Å². The quantitative estimate of drug-likeness (QED) is 0.717. The van der Waals surface area contributed by atoms with Crippen LogP contribution in [-0.2, 0) is 11.6 Å². The first-order valence-electron chi connectivity index (χ1n) is 7.76. The number of nitrogens with zero attached hydrogens (tertiary/aromatic N) is 5. The van der Waals surface area contributed by atoms with Gasteiger partial charge in [-0.25, -0.2) is 0 Å². The van der Waals surface area contributed by atoms with Crippen molar-refractivity contribution in [2.45, 2.75) is 24.4 Å². The second kappa shape index (κ2) is 5.42. The lowest BCUT2D eigenvalue weighted by Gasteiger charge is -2.13. The van der Waals surface area contributed by atoms with Crippen LogP contribution in [0.25, 0.3) is 16.9 Å². The summed E-state index contributed by atoms with van der Waals surface area (Å²) in [4.78, 5) is 4.17. The maximum Gasteiger partial charge on any atom is 0.452 e. The minimum atomic E-state index is -4.63. The Hall–Kier alpha value is -3.15. The Morgan fingerprint density at radius 3 is 2.65 bits per heavy atom. The van der Waals surface area contributed by atoms with E-state index >= 15 is 0 Å². The summed E-state index contributed by atoms with van der Waals surface area (Å²) in [6, 6.07) is 7.55. The predicted molar refractivity (Wildman–Crippen MR) is 84.3 cm³/mol. The number of aromatic nitrogens is 4. The van der Waals surface area contributed by atoms with Crippen LogP contribution < -0.4 is 4.74 Å². The first-order chi connectivity index (χ1) is 12.4. The van der Waals surface area contributed by atoms with Crippen LogP contribution in [0.4, 0.5) is 13.2 Å². The third-order valence-electron chi connectivity index (χ3n) is 4.54. The lowest BCUT2D eigenvalue weighted by Crippen LogP contribution is -2.11. The third-order valence-corrected chi connectivity index (χ3v) is 4.54. The zero-order chi connectivity index (χ0) is 18.5. The molecule has 0 N–H and O–H groups in total. The van der Waals surface area contributed by atoms with Gasteiger partial charge < -0.3 is 4.74 Å². The van der Waals surface area contributed by atoms with E-state index in [1.165, 1.54) is 19.5 Å². The standard InChI is InChI=1S/C17H12F3N5O/c1-26-13-6-10(16(9-21)4-5-16)2-3-11(13)12-8-25-14(7-22-12)23-24-15(25)17(18,19)20/h2-3,6-8H,4-5H2,1H3. The van der Waals surface area contributed by atoms with Crippen LogP contribution in [0.5, 0.6) is 5.75 Å². The van der Waals surface area contributed by atoms with E-state index in [0.717, 1.165) is 22.8 Å². The minimum Gasteiger partial charge on any atom is -0.496 e. The molecule has 1 aromatic carbocycles. The normalized spacial score (nSPS) is 15.7. The summed E-state index contributed by atoms with van der Waals surface area (Å²) in [5, 5.41) is 16.0. The number of methoxy groups -OCH3 is 1. The molecule has 1 aliphatic carbocycles. The molecule has 0 aliphatic heterocycles. The summed E-state index contributed by atoms with van der Waals surface area (Å²) >= 11 is 0. The van der Waals surface area contributed by atoms with Gasteiger partial charge in [0, 0.05) is 11.8 Å². The van der Waals surface area contributed by atoms with Crippen LogP contribution >= 0.6 is 0 Å². The van der Waals surface area contributed by atoms with Crippen molar-refractivity contribution in [3.63, 3.8) is 0 Å². The van der Waals surface area contributed by atoms with Gasteiger partial charge in [0.2, 0.25) is 5.82 Å². The zero-order valence-corrected chi connectivity index (χ0v) is 13.6. The van der Waals surface area contributed by atoms with E-state index in [4.69, 9.17) is 4.74 Å². The molecule has 0 amide bonds. The van der Waals surface area contributed by atoms with Gasteiger partial charge in [0.05, 0.1) is 30.5 Å². The summed E-state index contributed by atoms with van der Waals surface area (Å²) in [5.74, 6) is -0.675. The highest BCUT2D eigenvalue weighted by molar-refractivity contribution is 5.69. The molecule has 26 heavy (non-hydrogen) atoms. The summed E-state index contributed by atoms with van der Waals surface area (Å²) in [5.41, 5.74) is 1.16. The fourth-order valence-corrected chi connectivity index (χ4v) is 2.92. The third kappa shape index (κ3) is 2.45. The van der Waals surface area contributed by atoms with Crippen molar-refractivity contribution in [1.29, 1.82) is 5.26 Å². The highest BCUT2D eigenvalue weighted by atomic mass is 19.4. The van der Waals surface area contributed by atoms with Crippen LogP contribution in [0.3, 0.4) is 0 Å². The van der Waals surface area contributed by atoms with Crippen LogP contribution in [0, 0.1) is 11.3 Å². The molecule has 0 unspecified atom stereocenters. The number of fused-ring (bicyclic) bond motifs is 1. The van der Waals surface area contributed by atoms with Gasteiger partial charge in [0.15, 0.2) is 5.65 Å². The van der Waals surface area contributed by atoms with Gasteiger partial charge in [-0.05, 0) is 30.5 Å². The number of halogens is 3. The molecule has 2 aromatic heterocycles. The number of rotatable bonds is 3. The average molecular weight is 359 g/mol. The fourth-order valence-electron chi connectivity index (χ4n) is 2.92. The van der Waals surface area contributed by atoms with Crippen LogP contribution in [-0.4, -0.2) is 26.7 Å². The van der Waals surface area contributed by atoms with Crippen LogP contribution in [0.2, 0.25) is 0 Å². The molecule has 2 heterocycles. The van der Waals surface area contributed by atoms with Crippen molar-refractivity contribution in [2.75, 3.05) is 7.11 Å². The number of benzene rings is 1. The minimum absolute atomic E-state index is 0.00178. The fraction of sp³-hybridized carbons (Fsp3) is 0.294. The molecule has 9 heteroatoms. The van der Waals surface area contributed by atoms with Gasteiger partial charge in [-0.2, -0.15) is 18.4 Å². The van der Waals surface area contributed by atoms with E-state index < -0.39 is 17.4 Å². The van der Waals surface area contributed by atoms with E-state index in [1.54, 1.807) is 18.2 Å². The molecule has 3 aromatic rings. The predicted octanol–water partition coefficient (Wildman–Crippen LogP) is 3.37. The molecule has 1 aliphatic rings. The summed E-state index contributed by atoms with van der Waals surface area (Å²) < 4.78 is 45.4. The van der Waals surface area contributed by atoms with Crippen molar-refractivity contribution >= 4 is 5.65 Å². The van der Waals surface area contributed by atoms with E-state index in [-0.39, 0.29) is 11.3 Å². The Balaban J connectivity index is 1.84. The highest BCUT2D eigenvalue weighted by Gasteiger charge is 2.45. The number of alkyl halides is 3. The molecule has 132 valence electrons. The lowest BCUT2D eigenvalue weighted by atomic mass is 9.95. The van der Waals surface area contributed by atoms with Crippen molar-refractivity contribution in [2.24, 2.45) is 0 Å². The second-order valence-electron chi connectivity index (χ2n) is 6.13. The summed E-state index contributed by atoms with van der Waals surface area (Å²) in [6.45, 7) is 0. The second-order valence-corrected chi connectivity index (χ2v) is 6.13. The smallest absolute Gasteiger partial charge is 0.452 e. The van der Waals surface area contributed by atoms with Crippen LogP contribution in [0.1, 0.15) is 24.2 Å². The molecule has 0 saturated heterocycles. The highest BCUT2D eigenvalue weighted by Crippen LogP contribution is 2.49. The number of hydrogen-bond acceptors (Lipinski definition) is 5. The Morgan fingerprint density at radius 1 is 1.27 bits per heavy atom. The van der Waals surface area contributed by atoms with Gasteiger partial charge in [0.1, 0.15) is 5.75 Å². The molecule has 6 nitrogen and oxygen atoms in total. The Kier molecular flexibility index (Phi) is 3.41. The molecule has 0 spiro atoms. The van der Waals surface area contributed by atoms with Crippen molar-refractivity contribution in [1.82, 2.24) is 19.6 Å². The van der Waals surface area contributed by atoms with Crippen LogP contribution in [0.15, 0.2) is 30.6 Å². The molecule has 1 fully saturated rings. The van der Waals surface area contributed by atoms with E-state index in [2.05, 4.69) is 21.3 Å². The lowest BCUT2D eigenvalue weighted by molar-refractivity contribution is -0.145. The maximum absolute atomic E-state index is 13.1. The molecule has 0 bridgehead atoms. The molecule has 4 rings (SSSR count). The van der Waals surface area contributed by atoms with Crippen molar-refractivity contribution in [3.8, 4) is 23.1 Å². The topological polar surface area (TPSA) is 76.1 Å². The Morgan fingerprint density at radius 2 is 2.04 bits per heavy atom. The van der Waals surface area contributed by atoms with Crippen molar-refractivity contribution in [3.05, 3.63) is 42.0 Å². The van der Waals surface area contributed by atoms with Gasteiger partial charge >= 0.3 is 6.18 Å². The van der Waals surface area contributed by atoms with Gasteiger partial charge in [0.25, 0.3) is 0 Å². The Labute approximate surface area is 145 Å². The van der Waals surface area contributed by atoms with Gasteiger partial charge in [-0.3, -0.25) is 9.38 Å². The van der Waals surface area contributed by atoms with E-state index in [9.17, 15) is 18.4 Å². The Bertz CT molecular complexity index is 1050. The maximum atomic E-state index is 13.1. The van der Waals surface area contributed by atoms with E-state index in [0.29, 0.717) is 11.3 Å². The summed E-state index contributed by atoms with van der Waals surface area (Å²) in [7, 11) is 1.47. The largest absolute Gasteiger partial charge is 0.496 e. The molecule has 0 radical (unpaired) electrons.